The lowest BCUT2D eigenvalue weighted by Crippen LogP contribution is -2.52. The lowest BCUT2D eigenvalue weighted by molar-refractivity contribution is -0.124. The molecule has 112 valence electrons. The van der Waals surface area contributed by atoms with E-state index in [9.17, 15) is 4.79 Å². The Bertz CT molecular complexity index is 444. The van der Waals surface area contributed by atoms with E-state index in [2.05, 4.69) is 26.2 Å². The number of halogens is 1. The van der Waals surface area contributed by atoms with Crippen LogP contribution in [-0.2, 0) is 4.79 Å². The molecule has 0 aliphatic carbocycles. The molecule has 1 unspecified atom stereocenters. The van der Waals surface area contributed by atoms with E-state index in [-0.39, 0.29) is 5.91 Å². The van der Waals surface area contributed by atoms with Crippen LogP contribution in [0.1, 0.15) is 33.1 Å². The quantitative estimate of drug-likeness (QED) is 0.525. The molecule has 0 saturated carbocycles. The van der Waals surface area contributed by atoms with E-state index >= 15 is 0 Å². The van der Waals surface area contributed by atoms with Gasteiger partial charge in [-0.15, -0.1) is 11.8 Å². The van der Waals surface area contributed by atoms with Gasteiger partial charge in [0.25, 0.3) is 0 Å². The molecule has 0 fully saturated rings. The molecule has 1 atom stereocenters. The number of carbonyl (C=O) groups is 1. The van der Waals surface area contributed by atoms with Gasteiger partial charge < -0.3 is 11.1 Å². The van der Waals surface area contributed by atoms with Crippen molar-refractivity contribution in [1.29, 1.82) is 0 Å². The van der Waals surface area contributed by atoms with Crippen LogP contribution in [0.5, 0.6) is 0 Å². The molecular formula is C14H22BrN3OS. The van der Waals surface area contributed by atoms with Crippen molar-refractivity contribution >= 4 is 33.6 Å². The van der Waals surface area contributed by atoms with Crippen molar-refractivity contribution in [2.45, 2.75) is 43.7 Å². The molecule has 0 spiro atoms. The highest BCUT2D eigenvalue weighted by Gasteiger charge is 2.28. The topological polar surface area (TPSA) is 68.0 Å². The Hall–Kier alpha value is -0.590. The second-order valence-corrected chi connectivity index (χ2v) is 6.76. The van der Waals surface area contributed by atoms with Gasteiger partial charge in [0, 0.05) is 10.7 Å². The smallest absolute Gasteiger partial charge is 0.237 e. The summed E-state index contributed by atoms with van der Waals surface area (Å²) < 4.78 is 1.03. The number of unbranched alkanes of at least 4 members (excludes halogenated alkanes) is 1. The first-order chi connectivity index (χ1) is 9.49. The molecule has 1 aromatic heterocycles. The van der Waals surface area contributed by atoms with Gasteiger partial charge in [-0.3, -0.25) is 4.79 Å². The maximum absolute atomic E-state index is 11.5. The minimum atomic E-state index is -0.592. The molecule has 1 rings (SSSR count). The maximum Gasteiger partial charge on any atom is 0.237 e. The normalized spacial score (nSPS) is 13.9. The van der Waals surface area contributed by atoms with Gasteiger partial charge in [-0.1, -0.05) is 13.3 Å². The van der Waals surface area contributed by atoms with Crippen LogP contribution in [0.3, 0.4) is 0 Å². The van der Waals surface area contributed by atoms with Crippen molar-refractivity contribution in [1.82, 2.24) is 10.3 Å². The lowest BCUT2D eigenvalue weighted by Gasteiger charge is -2.26. The van der Waals surface area contributed by atoms with Crippen LogP contribution in [0.2, 0.25) is 0 Å². The Balaban J connectivity index is 2.31. The first-order valence-corrected chi connectivity index (χ1v) is 8.55. The lowest BCUT2D eigenvalue weighted by atomic mass is 9.94. The minimum absolute atomic E-state index is 0.278. The molecule has 1 heterocycles. The minimum Gasteiger partial charge on any atom is -0.368 e. The number of primary amides is 1. The molecular weight excluding hydrogens is 338 g/mol. The summed E-state index contributed by atoms with van der Waals surface area (Å²) in [6.07, 6.45) is 4.55. The van der Waals surface area contributed by atoms with Gasteiger partial charge in [0.1, 0.15) is 5.03 Å². The SMILES string of the molecule is CCNC(C)(CCCCSc1ncccc1Br)C(N)=O. The number of aromatic nitrogens is 1. The fourth-order valence-corrected chi connectivity index (χ4v) is 3.40. The number of pyridine rings is 1. The molecule has 20 heavy (non-hydrogen) atoms. The second-order valence-electron chi connectivity index (χ2n) is 4.82. The summed E-state index contributed by atoms with van der Waals surface area (Å²) in [4.78, 5) is 15.8. The molecule has 0 saturated heterocycles. The van der Waals surface area contributed by atoms with E-state index in [0.717, 1.165) is 41.1 Å². The Labute approximate surface area is 133 Å². The van der Waals surface area contributed by atoms with Crippen LogP contribution < -0.4 is 11.1 Å². The first-order valence-electron chi connectivity index (χ1n) is 6.78. The summed E-state index contributed by atoms with van der Waals surface area (Å²) >= 11 is 5.21. The average molecular weight is 360 g/mol. The van der Waals surface area contributed by atoms with Gasteiger partial charge in [0.05, 0.1) is 5.54 Å². The summed E-state index contributed by atoms with van der Waals surface area (Å²) in [6.45, 7) is 4.60. The standard InChI is InChI=1S/C14H22BrN3OS/c1-3-18-14(2,13(16)19)8-4-5-10-20-12-11(15)7-6-9-17-12/h6-7,9,18H,3-5,8,10H2,1-2H3,(H2,16,19). The van der Waals surface area contributed by atoms with Crippen LogP contribution in [-0.4, -0.2) is 28.7 Å². The summed E-state index contributed by atoms with van der Waals surface area (Å²) in [7, 11) is 0. The predicted molar refractivity (Wildman–Crippen MR) is 87.8 cm³/mol. The predicted octanol–water partition coefficient (Wildman–Crippen LogP) is 2.96. The largest absolute Gasteiger partial charge is 0.368 e. The molecule has 0 aliphatic heterocycles. The number of amides is 1. The van der Waals surface area contributed by atoms with E-state index in [1.165, 1.54) is 0 Å². The molecule has 0 aliphatic rings. The van der Waals surface area contributed by atoms with E-state index in [0.29, 0.717) is 0 Å². The van der Waals surface area contributed by atoms with E-state index in [1.54, 1.807) is 18.0 Å². The van der Waals surface area contributed by atoms with Crippen molar-refractivity contribution in [3.8, 4) is 0 Å². The van der Waals surface area contributed by atoms with Crippen molar-refractivity contribution in [2.75, 3.05) is 12.3 Å². The van der Waals surface area contributed by atoms with Crippen LogP contribution in [0.25, 0.3) is 0 Å². The highest BCUT2D eigenvalue weighted by Crippen LogP contribution is 2.26. The average Bonchev–Trinajstić information content (AvgIpc) is 2.40. The molecule has 1 aromatic rings. The summed E-state index contributed by atoms with van der Waals surface area (Å²) in [5.74, 6) is 0.704. The van der Waals surface area contributed by atoms with Crippen molar-refractivity contribution in [3.05, 3.63) is 22.8 Å². The number of thioether (sulfide) groups is 1. The number of nitrogens with one attached hydrogen (secondary N) is 1. The maximum atomic E-state index is 11.5. The van der Waals surface area contributed by atoms with E-state index in [1.807, 2.05) is 26.0 Å². The van der Waals surface area contributed by atoms with Gasteiger partial charge in [-0.25, -0.2) is 4.98 Å². The number of carbonyl (C=O) groups excluding carboxylic acids is 1. The molecule has 4 nitrogen and oxygen atoms in total. The number of likely N-dealkylation sites (N-methyl/N-ethyl adjacent to an activating group) is 1. The highest BCUT2D eigenvalue weighted by atomic mass is 79.9. The third kappa shape index (κ3) is 5.42. The van der Waals surface area contributed by atoms with Crippen LogP contribution in [0.4, 0.5) is 0 Å². The zero-order chi connectivity index (χ0) is 15.0. The Morgan fingerprint density at radius 1 is 1.55 bits per heavy atom. The molecule has 1 amide bonds. The third-order valence-corrected chi connectivity index (χ3v) is 5.14. The number of hydrogen-bond donors (Lipinski definition) is 2. The first kappa shape index (κ1) is 17.5. The van der Waals surface area contributed by atoms with Crippen LogP contribution in [0.15, 0.2) is 27.8 Å². The molecule has 0 aromatic carbocycles. The van der Waals surface area contributed by atoms with Gasteiger partial charge >= 0.3 is 0 Å². The number of nitrogens with two attached hydrogens (primary N) is 1. The summed E-state index contributed by atoms with van der Waals surface area (Å²) in [5.41, 5.74) is 4.87. The Morgan fingerprint density at radius 3 is 2.90 bits per heavy atom. The molecule has 0 radical (unpaired) electrons. The van der Waals surface area contributed by atoms with Gasteiger partial charge in [-0.2, -0.15) is 0 Å². The zero-order valence-electron chi connectivity index (χ0n) is 12.0. The molecule has 3 N–H and O–H groups in total. The van der Waals surface area contributed by atoms with Gasteiger partial charge in [-0.05, 0) is 60.1 Å². The fraction of sp³-hybridized carbons (Fsp3) is 0.571. The Kier molecular flexibility index (Phi) is 7.55. The second kappa shape index (κ2) is 8.64. The monoisotopic (exact) mass is 359 g/mol. The van der Waals surface area contributed by atoms with Gasteiger partial charge in [0.15, 0.2) is 0 Å². The molecule has 0 bridgehead atoms. The van der Waals surface area contributed by atoms with Crippen LogP contribution in [0, 0.1) is 0 Å². The van der Waals surface area contributed by atoms with Crippen LogP contribution >= 0.6 is 27.7 Å². The van der Waals surface area contributed by atoms with Crippen molar-refractivity contribution in [2.24, 2.45) is 5.73 Å². The van der Waals surface area contributed by atoms with Crippen molar-refractivity contribution < 1.29 is 4.79 Å². The highest BCUT2D eigenvalue weighted by molar-refractivity contribution is 9.10. The Morgan fingerprint density at radius 2 is 2.30 bits per heavy atom. The van der Waals surface area contributed by atoms with Crippen molar-refractivity contribution in [3.63, 3.8) is 0 Å². The summed E-state index contributed by atoms with van der Waals surface area (Å²) in [5, 5.41) is 4.19. The number of nitrogens with zero attached hydrogens (tertiary/aromatic N) is 1. The number of rotatable bonds is 9. The zero-order valence-corrected chi connectivity index (χ0v) is 14.4. The number of hydrogen-bond acceptors (Lipinski definition) is 4. The van der Waals surface area contributed by atoms with Gasteiger partial charge in [0.2, 0.25) is 5.91 Å². The van der Waals surface area contributed by atoms with E-state index in [4.69, 9.17) is 5.73 Å². The van der Waals surface area contributed by atoms with E-state index < -0.39 is 5.54 Å². The summed E-state index contributed by atoms with van der Waals surface area (Å²) in [6, 6.07) is 3.90. The third-order valence-electron chi connectivity index (χ3n) is 3.15. The fourth-order valence-electron chi connectivity index (χ4n) is 1.92. The molecule has 6 heteroatoms.